The maximum atomic E-state index is 13.1. The zero-order chi connectivity index (χ0) is 20.0. The number of benzene rings is 2. The van der Waals surface area contributed by atoms with E-state index in [9.17, 15) is 4.79 Å². The summed E-state index contributed by atoms with van der Waals surface area (Å²) in [5, 5.41) is 1.30. The highest BCUT2D eigenvalue weighted by Crippen LogP contribution is 2.43. The van der Waals surface area contributed by atoms with Gasteiger partial charge in [0.25, 0.3) is 5.91 Å². The number of rotatable bonds is 2. The maximum Gasteiger partial charge on any atom is 0.253 e. The van der Waals surface area contributed by atoms with E-state index in [0.29, 0.717) is 18.7 Å². The van der Waals surface area contributed by atoms with Crippen molar-refractivity contribution in [1.82, 2.24) is 9.88 Å². The number of hydrogen-bond donors (Lipinski definition) is 1. The molecule has 3 heterocycles. The first kappa shape index (κ1) is 18.3. The molecule has 0 saturated carbocycles. The van der Waals surface area contributed by atoms with Crippen molar-refractivity contribution in [2.75, 3.05) is 26.8 Å². The van der Waals surface area contributed by atoms with Gasteiger partial charge in [0.2, 0.25) is 0 Å². The molecule has 2 aliphatic rings. The first-order chi connectivity index (χ1) is 14.1. The number of aromatic amines is 1. The molecule has 0 unspecified atom stereocenters. The van der Waals surface area contributed by atoms with Gasteiger partial charge in [-0.1, -0.05) is 24.3 Å². The molecule has 1 aromatic heterocycles. The lowest BCUT2D eigenvalue weighted by molar-refractivity contribution is -0.0957. The number of aryl methyl sites for hydroxylation is 1. The summed E-state index contributed by atoms with van der Waals surface area (Å²) in [5.41, 5.74) is 5.17. The van der Waals surface area contributed by atoms with Crippen LogP contribution in [0.15, 0.2) is 42.5 Å². The van der Waals surface area contributed by atoms with Gasteiger partial charge in [0.05, 0.1) is 19.4 Å². The summed E-state index contributed by atoms with van der Waals surface area (Å²) in [4.78, 5) is 18.6. The highest BCUT2D eigenvalue weighted by atomic mass is 16.5. The Morgan fingerprint density at radius 3 is 2.76 bits per heavy atom. The Morgan fingerprint density at radius 1 is 1.17 bits per heavy atom. The molecule has 150 valence electrons. The standard InChI is InChI=1S/C24H26N2O3/c1-16-7-8-17(15-21(16)28-2)23(27)26-12-10-24(11-13-26)22-19(9-14-29-24)18-5-3-4-6-20(18)25-22/h3-8,15,25H,9-14H2,1-2H3. The fourth-order valence-corrected chi connectivity index (χ4v) is 4.87. The van der Waals surface area contributed by atoms with Crippen LogP contribution in [0, 0.1) is 6.92 Å². The number of ether oxygens (including phenoxy) is 2. The first-order valence-corrected chi connectivity index (χ1v) is 10.3. The molecule has 0 bridgehead atoms. The Hall–Kier alpha value is -2.79. The van der Waals surface area contributed by atoms with Crippen molar-refractivity contribution in [1.29, 1.82) is 0 Å². The van der Waals surface area contributed by atoms with Crippen molar-refractivity contribution >= 4 is 16.8 Å². The molecule has 1 spiro atoms. The largest absolute Gasteiger partial charge is 0.496 e. The lowest BCUT2D eigenvalue weighted by Gasteiger charge is -2.43. The number of amides is 1. The van der Waals surface area contributed by atoms with Crippen LogP contribution in [-0.4, -0.2) is 42.6 Å². The summed E-state index contributed by atoms with van der Waals surface area (Å²) >= 11 is 0. The lowest BCUT2D eigenvalue weighted by atomic mass is 9.83. The first-order valence-electron chi connectivity index (χ1n) is 10.3. The van der Waals surface area contributed by atoms with Crippen molar-refractivity contribution in [3.05, 3.63) is 64.8 Å². The fraction of sp³-hybridized carbons (Fsp3) is 0.375. The number of piperidine rings is 1. The molecule has 5 rings (SSSR count). The Labute approximate surface area is 170 Å². The fourth-order valence-electron chi connectivity index (χ4n) is 4.87. The van der Waals surface area contributed by atoms with Gasteiger partial charge in [-0.2, -0.15) is 0 Å². The minimum Gasteiger partial charge on any atom is -0.496 e. The molecule has 0 atom stereocenters. The van der Waals surface area contributed by atoms with Gasteiger partial charge in [-0.15, -0.1) is 0 Å². The van der Waals surface area contributed by atoms with Crippen molar-refractivity contribution in [3.8, 4) is 5.75 Å². The van der Waals surface area contributed by atoms with Crippen LogP contribution in [0.1, 0.15) is 40.0 Å². The minimum atomic E-state index is -0.311. The van der Waals surface area contributed by atoms with E-state index in [-0.39, 0.29) is 11.5 Å². The monoisotopic (exact) mass is 390 g/mol. The van der Waals surface area contributed by atoms with Crippen LogP contribution in [-0.2, 0) is 16.8 Å². The van der Waals surface area contributed by atoms with Crippen LogP contribution in [0.4, 0.5) is 0 Å². The number of nitrogens with one attached hydrogen (secondary N) is 1. The number of H-pyrrole nitrogens is 1. The SMILES string of the molecule is COc1cc(C(=O)N2CCC3(CC2)OCCc2c3[nH]c3ccccc23)ccc1C. The predicted molar refractivity (Wildman–Crippen MR) is 113 cm³/mol. The number of carbonyl (C=O) groups excluding carboxylic acids is 1. The van der Waals surface area contributed by atoms with Crippen LogP contribution in [0.3, 0.4) is 0 Å². The molecule has 1 amide bonds. The van der Waals surface area contributed by atoms with Gasteiger partial charge in [0.1, 0.15) is 11.4 Å². The quantitative estimate of drug-likeness (QED) is 0.714. The van der Waals surface area contributed by atoms with E-state index in [4.69, 9.17) is 9.47 Å². The number of carbonyl (C=O) groups is 1. The number of methoxy groups -OCH3 is 1. The minimum absolute atomic E-state index is 0.0610. The van der Waals surface area contributed by atoms with E-state index in [1.807, 2.05) is 30.0 Å². The number of aromatic nitrogens is 1. The molecule has 2 aliphatic heterocycles. The van der Waals surface area contributed by atoms with Gasteiger partial charge in [0.15, 0.2) is 0 Å². The van der Waals surface area contributed by atoms with E-state index in [1.54, 1.807) is 7.11 Å². The molecule has 1 fully saturated rings. The number of para-hydroxylation sites is 1. The Balaban J connectivity index is 1.39. The second kappa shape index (κ2) is 6.92. The summed E-state index contributed by atoms with van der Waals surface area (Å²) in [5.74, 6) is 0.813. The van der Waals surface area contributed by atoms with E-state index in [0.717, 1.165) is 37.2 Å². The van der Waals surface area contributed by atoms with Crippen LogP contribution in [0.2, 0.25) is 0 Å². The van der Waals surface area contributed by atoms with Crippen molar-refractivity contribution < 1.29 is 14.3 Å². The number of likely N-dealkylation sites (tertiary alicyclic amines) is 1. The lowest BCUT2D eigenvalue weighted by Crippen LogP contribution is -2.48. The third-order valence-corrected chi connectivity index (χ3v) is 6.51. The molecule has 1 N–H and O–H groups in total. The summed E-state index contributed by atoms with van der Waals surface area (Å²) in [6.07, 6.45) is 2.55. The number of nitrogens with zero attached hydrogens (tertiary/aromatic N) is 1. The van der Waals surface area contributed by atoms with Gasteiger partial charge < -0.3 is 19.4 Å². The molecular weight excluding hydrogens is 364 g/mol. The van der Waals surface area contributed by atoms with E-state index < -0.39 is 0 Å². The van der Waals surface area contributed by atoms with Crippen molar-refractivity contribution in [2.24, 2.45) is 0 Å². The Morgan fingerprint density at radius 2 is 1.97 bits per heavy atom. The van der Waals surface area contributed by atoms with Crippen LogP contribution in [0.25, 0.3) is 10.9 Å². The summed E-state index contributed by atoms with van der Waals surface area (Å²) < 4.78 is 11.7. The zero-order valence-electron chi connectivity index (χ0n) is 17.0. The second-order valence-electron chi connectivity index (χ2n) is 8.09. The molecule has 1 saturated heterocycles. The average molecular weight is 390 g/mol. The topological polar surface area (TPSA) is 54.6 Å². The zero-order valence-corrected chi connectivity index (χ0v) is 17.0. The molecular formula is C24H26N2O3. The average Bonchev–Trinajstić information content (AvgIpc) is 3.15. The molecule has 0 radical (unpaired) electrons. The Bertz CT molecular complexity index is 1080. The van der Waals surface area contributed by atoms with Crippen molar-refractivity contribution in [2.45, 2.75) is 31.8 Å². The highest BCUT2D eigenvalue weighted by Gasteiger charge is 2.43. The van der Waals surface area contributed by atoms with Crippen LogP contribution < -0.4 is 4.74 Å². The van der Waals surface area contributed by atoms with Crippen LogP contribution >= 0.6 is 0 Å². The molecule has 2 aromatic carbocycles. The normalized spacial score (nSPS) is 18.1. The van der Waals surface area contributed by atoms with Crippen molar-refractivity contribution in [3.63, 3.8) is 0 Å². The van der Waals surface area contributed by atoms with E-state index in [2.05, 4.69) is 29.2 Å². The number of hydrogen-bond acceptors (Lipinski definition) is 3. The Kier molecular flexibility index (Phi) is 4.36. The molecule has 0 aliphatic carbocycles. The smallest absolute Gasteiger partial charge is 0.253 e. The summed E-state index contributed by atoms with van der Waals surface area (Å²) in [7, 11) is 1.64. The van der Waals surface area contributed by atoms with E-state index >= 15 is 0 Å². The van der Waals surface area contributed by atoms with Gasteiger partial charge in [-0.25, -0.2) is 0 Å². The van der Waals surface area contributed by atoms with Crippen LogP contribution in [0.5, 0.6) is 5.75 Å². The number of fused-ring (bicyclic) bond motifs is 4. The summed E-state index contributed by atoms with van der Waals surface area (Å²) in [6.45, 7) is 4.09. The van der Waals surface area contributed by atoms with Gasteiger partial charge in [-0.05, 0) is 55.5 Å². The van der Waals surface area contributed by atoms with Gasteiger partial charge >= 0.3 is 0 Å². The molecule has 3 aromatic rings. The third-order valence-electron chi connectivity index (χ3n) is 6.51. The van der Waals surface area contributed by atoms with E-state index in [1.165, 1.54) is 22.2 Å². The van der Waals surface area contributed by atoms with Gasteiger partial charge in [0, 0.05) is 29.6 Å². The summed E-state index contributed by atoms with van der Waals surface area (Å²) in [6, 6.07) is 14.1. The van der Waals surface area contributed by atoms with Gasteiger partial charge in [-0.3, -0.25) is 4.79 Å². The molecule has 5 nitrogen and oxygen atoms in total. The molecule has 5 heteroatoms. The second-order valence-corrected chi connectivity index (χ2v) is 8.09. The highest BCUT2D eigenvalue weighted by molar-refractivity contribution is 5.95. The third kappa shape index (κ3) is 2.92. The molecule has 29 heavy (non-hydrogen) atoms. The predicted octanol–water partition coefficient (Wildman–Crippen LogP) is 4.19. The maximum absolute atomic E-state index is 13.1.